The molecular formula is C33H52N4O3. The number of urea groups is 1. The number of piperidine rings is 1. The summed E-state index contributed by atoms with van der Waals surface area (Å²) < 4.78 is 5.34. The number of hydrogen-bond donors (Lipinski definition) is 0. The van der Waals surface area contributed by atoms with E-state index < -0.39 is 0 Å². The van der Waals surface area contributed by atoms with Crippen LogP contribution < -0.4 is 0 Å². The monoisotopic (exact) mass is 552 g/mol. The number of rotatable bonds is 9. The molecule has 4 atom stereocenters. The van der Waals surface area contributed by atoms with Gasteiger partial charge in [0.1, 0.15) is 0 Å². The lowest BCUT2D eigenvalue weighted by Gasteiger charge is -2.49. The smallest absolute Gasteiger partial charge is 0.320 e. The Morgan fingerprint density at radius 2 is 1.75 bits per heavy atom. The van der Waals surface area contributed by atoms with Gasteiger partial charge in [-0.05, 0) is 48.5 Å². The molecule has 0 radical (unpaired) electrons. The summed E-state index contributed by atoms with van der Waals surface area (Å²) in [5.74, 6) is 1.54. The number of nitrogens with zero attached hydrogens (tertiary/aromatic N) is 4. The van der Waals surface area contributed by atoms with Crippen molar-refractivity contribution in [1.82, 2.24) is 19.6 Å². The molecule has 5 rings (SSSR count). The molecule has 3 amide bonds. The van der Waals surface area contributed by atoms with Gasteiger partial charge in [-0.3, -0.25) is 9.69 Å². The quantitative estimate of drug-likeness (QED) is 0.429. The summed E-state index contributed by atoms with van der Waals surface area (Å²) >= 11 is 0. The van der Waals surface area contributed by atoms with Gasteiger partial charge >= 0.3 is 6.03 Å². The second kappa shape index (κ2) is 11.6. The topological polar surface area (TPSA) is 56.3 Å². The molecule has 4 fully saturated rings. The SMILES string of the molecule is COCCN1CC2(CC3CCC(C2)N3C[C@H]2CN(C(=O)CC(C)(C)C)C[C@@H]2c2ccccc2)N(CC(C)C)C1=O. The van der Waals surface area contributed by atoms with Crippen molar-refractivity contribution in [3.63, 3.8) is 0 Å². The standard InChI is InChI=1S/C33H52N4O3/c1-24(2)19-37-31(39)34(14-15-40-6)23-33(37)16-27-12-13-28(17-33)36(27)21-26-20-35(30(38)18-32(3,4)5)22-29(26)25-10-8-7-9-11-25/h7-11,24,26-29H,12-23H2,1-6H3/t26-,27?,28?,29-,33?/m1/s1. The highest BCUT2D eigenvalue weighted by molar-refractivity contribution is 5.78. The molecule has 4 aliphatic rings. The molecule has 0 aromatic heterocycles. The fraction of sp³-hybridized carbons (Fsp3) is 0.758. The van der Waals surface area contributed by atoms with Crippen molar-refractivity contribution in [3.8, 4) is 0 Å². The van der Waals surface area contributed by atoms with Crippen LogP contribution in [0.15, 0.2) is 30.3 Å². The summed E-state index contributed by atoms with van der Waals surface area (Å²) in [7, 11) is 1.71. The lowest BCUT2D eigenvalue weighted by atomic mass is 9.80. The van der Waals surface area contributed by atoms with Crippen LogP contribution in [0.5, 0.6) is 0 Å². The van der Waals surface area contributed by atoms with Crippen molar-refractivity contribution < 1.29 is 14.3 Å². The molecule has 2 unspecified atom stereocenters. The third-order valence-corrected chi connectivity index (χ3v) is 9.82. The second-order valence-corrected chi connectivity index (χ2v) is 14.7. The minimum absolute atomic E-state index is 0.00454. The fourth-order valence-electron chi connectivity index (χ4n) is 8.13. The average Bonchev–Trinajstić information content (AvgIpc) is 3.50. The van der Waals surface area contributed by atoms with E-state index in [2.05, 4.69) is 79.7 Å². The van der Waals surface area contributed by atoms with E-state index in [0.717, 1.165) is 45.6 Å². The minimum Gasteiger partial charge on any atom is -0.383 e. The lowest BCUT2D eigenvalue weighted by Crippen LogP contribution is -2.59. The first-order valence-electron chi connectivity index (χ1n) is 15.6. The van der Waals surface area contributed by atoms with Crippen molar-refractivity contribution in [2.45, 2.75) is 90.3 Å². The van der Waals surface area contributed by atoms with Gasteiger partial charge in [0.15, 0.2) is 0 Å². The molecule has 0 saturated carbocycles. The van der Waals surface area contributed by atoms with E-state index in [1.54, 1.807) is 7.11 Å². The van der Waals surface area contributed by atoms with E-state index in [4.69, 9.17) is 4.74 Å². The molecule has 0 aliphatic carbocycles. The zero-order chi connectivity index (χ0) is 28.7. The molecule has 2 bridgehead atoms. The van der Waals surface area contributed by atoms with Crippen LogP contribution >= 0.6 is 0 Å². The molecule has 1 spiro atoms. The minimum atomic E-state index is -0.0688. The maximum Gasteiger partial charge on any atom is 0.320 e. The Kier molecular flexibility index (Phi) is 8.54. The predicted molar refractivity (Wildman–Crippen MR) is 159 cm³/mol. The third-order valence-electron chi connectivity index (χ3n) is 9.82. The normalized spacial score (nSPS) is 30.9. The zero-order valence-electron chi connectivity index (χ0n) is 25.8. The molecule has 1 aromatic carbocycles. The molecule has 222 valence electrons. The maximum atomic E-state index is 13.6. The fourth-order valence-corrected chi connectivity index (χ4v) is 8.13. The number of likely N-dealkylation sites (tertiary alicyclic amines) is 1. The Labute approximate surface area is 242 Å². The van der Waals surface area contributed by atoms with Crippen molar-refractivity contribution in [2.75, 3.05) is 53.0 Å². The molecule has 7 heteroatoms. The molecule has 4 saturated heterocycles. The number of benzene rings is 1. The third kappa shape index (κ3) is 6.06. The van der Waals surface area contributed by atoms with Gasteiger partial charge in [0.2, 0.25) is 5.91 Å². The molecule has 7 nitrogen and oxygen atoms in total. The predicted octanol–water partition coefficient (Wildman–Crippen LogP) is 5.07. The molecule has 0 N–H and O–H groups in total. The lowest BCUT2D eigenvalue weighted by molar-refractivity contribution is -0.132. The average molecular weight is 553 g/mol. The highest BCUT2D eigenvalue weighted by atomic mass is 16.5. The first kappa shape index (κ1) is 29.4. The first-order chi connectivity index (χ1) is 19.0. The summed E-state index contributed by atoms with van der Waals surface area (Å²) in [6, 6.07) is 12.1. The largest absolute Gasteiger partial charge is 0.383 e. The zero-order valence-corrected chi connectivity index (χ0v) is 25.8. The van der Waals surface area contributed by atoms with Gasteiger partial charge in [-0.25, -0.2) is 4.79 Å². The van der Waals surface area contributed by atoms with Crippen molar-refractivity contribution in [1.29, 1.82) is 0 Å². The van der Waals surface area contributed by atoms with Crippen LogP contribution in [0.1, 0.15) is 78.2 Å². The highest BCUT2D eigenvalue weighted by Crippen LogP contribution is 2.48. The van der Waals surface area contributed by atoms with Crippen molar-refractivity contribution in [3.05, 3.63) is 35.9 Å². The Morgan fingerprint density at radius 1 is 1.07 bits per heavy atom. The number of hydrogen-bond acceptors (Lipinski definition) is 4. The van der Waals surface area contributed by atoms with Crippen LogP contribution in [0.4, 0.5) is 4.79 Å². The summed E-state index contributed by atoms with van der Waals surface area (Å²) in [6.07, 6.45) is 5.13. The van der Waals surface area contributed by atoms with Crippen LogP contribution in [-0.4, -0.2) is 102 Å². The van der Waals surface area contributed by atoms with Crippen molar-refractivity contribution in [2.24, 2.45) is 17.3 Å². The van der Waals surface area contributed by atoms with Gasteiger partial charge in [0, 0.05) is 70.8 Å². The van der Waals surface area contributed by atoms with Gasteiger partial charge in [0.25, 0.3) is 0 Å². The Morgan fingerprint density at radius 3 is 2.35 bits per heavy atom. The van der Waals surface area contributed by atoms with Gasteiger partial charge in [-0.2, -0.15) is 0 Å². The Hall–Kier alpha value is -2.12. The van der Waals surface area contributed by atoms with Gasteiger partial charge in [0.05, 0.1) is 12.1 Å². The number of methoxy groups -OCH3 is 1. The van der Waals surface area contributed by atoms with Crippen molar-refractivity contribution >= 4 is 11.9 Å². The summed E-state index contributed by atoms with van der Waals surface area (Å²) in [5.41, 5.74) is 1.29. The van der Waals surface area contributed by atoms with Crippen LogP contribution in [0.25, 0.3) is 0 Å². The number of carbonyl (C=O) groups is 2. The Balaban J connectivity index is 1.33. The summed E-state index contributed by atoms with van der Waals surface area (Å²) in [6.45, 7) is 16.5. The number of fused-ring (bicyclic) bond motifs is 2. The van der Waals surface area contributed by atoms with E-state index >= 15 is 0 Å². The number of amides is 3. The van der Waals surface area contributed by atoms with E-state index in [9.17, 15) is 9.59 Å². The second-order valence-electron chi connectivity index (χ2n) is 14.7. The maximum absolute atomic E-state index is 13.6. The highest BCUT2D eigenvalue weighted by Gasteiger charge is 2.57. The summed E-state index contributed by atoms with van der Waals surface area (Å²) in [5, 5.41) is 0. The molecule has 4 aliphatic heterocycles. The van der Waals surface area contributed by atoms with Crippen LogP contribution in [0.2, 0.25) is 0 Å². The molecule has 4 heterocycles. The molecular weight excluding hydrogens is 500 g/mol. The summed E-state index contributed by atoms with van der Waals surface area (Å²) in [4.78, 5) is 36.1. The number of carbonyl (C=O) groups excluding carboxylic acids is 2. The van der Waals surface area contributed by atoms with E-state index in [-0.39, 0.29) is 17.0 Å². The Bertz CT molecular complexity index is 1020. The van der Waals surface area contributed by atoms with E-state index in [1.807, 2.05) is 4.90 Å². The number of ether oxygens (including phenoxy) is 1. The molecule has 40 heavy (non-hydrogen) atoms. The van der Waals surface area contributed by atoms with Crippen LogP contribution in [0, 0.1) is 17.3 Å². The van der Waals surface area contributed by atoms with Gasteiger partial charge in [-0.1, -0.05) is 65.0 Å². The van der Waals surface area contributed by atoms with Crippen LogP contribution in [-0.2, 0) is 9.53 Å². The van der Waals surface area contributed by atoms with Crippen LogP contribution in [0.3, 0.4) is 0 Å². The first-order valence-corrected chi connectivity index (χ1v) is 15.6. The van der Waals surface area contributed by atoms with Gasteiger partial charge in [-0.15, -0.1) is 0 Å². The van der Waals surface area contributed by atoms with Gasteiger partial charge < -0.3 is 19.4 Å². The van der Waals surface area contributed by atoms with E-state index in [1.165, 1.54) is 18.4 Å². The molecule has 1 aromatic rings. The van der Waals surface area contributed by atoms with E-state index in [0.29, 0.717) is 55.3 Å².